The Bertz CT molecular complexity index is 127. The van der Waals surface area contributed by atoms with Crippen molar-refractivity contribution in [3.05, 3.63) is 0 Å². The van der Waals surface area contributed by atoms with E-state index in [1.54, 1.807) is 0 Å². The maximum Gasteiger partial charge on any atom is 0.0598 e. The zero-order valence-electron chi connectivity index (χ0n) is 9.56. The van der Waals surface area contributed by atoms with Crippen LogP contribution in [-0.4, -0.2) is 17.6 Å². The summed E-state index contributed by atoms with van der Waals surface area (Å²) in [5.74, 6) is 0.587. The number of halogens is 1. The number of hydrogen-bond acceptors (Lipinski definition) is 1. The summed E-state index contributed by atoms with van der Waals surface area (Å²) in [5.41, 5.74) is -0.0200. The molecule has 13 heavy (non-hydrogen) atoms. The average molecular weight is 207 g/mol. The second-order valence-electron chi connectivity index (χ2n) is 4.60. The van der Waals surface area contributed by atoms with E-state index in [0.29, 0.717) is 5.92 Å². The van der Waals surface area contributed by atoms with Crippen molar-refractivity contribution in [2.24, 2.45) is 5.92 Å². The number of rotatable bonds is 5. The molecule has 0 amide bonds. The molecule has 0 saturated carbocycles. The van der Waals surface area contributed by atoms with Gasteiger partial charge >= 0.3 is 0 Å². The predicted octanol–water partition coefficient (Wildman–Crippen LogP) is 3.85. The van der Waals surface area contributed by atoms with Gasteiger partial charge in [0.25, 0.3) is 0 Å². The average Bonchev–Trinajstić information content (AvgIpc) is 1.95. The molecule has 0 aliphatic rings. The molecule has 0 aromatic heterocycles. The molecule has 0 rings (SSSR count). The molecule has 0 heterocycles. The van der Waals surface area contributed by atoms with Gasteiger partial charge in [-0.15, -0.1) is 11.6 Å². The summed E-state index contributed by atoms with van der Waals surface area (Å²) in [6.07, 6.45) is 2.20. The van der Waals surface area contributed by atoms with Crippen LogP contribution in [-0.2, 0) is 4.74 Å². The van der Waals surface area contributed by atoms with Crippen LogP contribution in [0, 0.1) is 5.92 Å². The molecule has 0 aromatic rings. The summed E-state index contributed by atoms with van der Waals surface area (Å²) < 4.78 is 5.65. The molecule has 0 aliphatic carbocycles. The molecule has 0 aliphatic heterocycles. The van der Waals surface area contributed by atoms with Crippen LogP contribution in [0.2, 0.25) is 0 Å². The fraction of sp³-hybridized carbons (Fsp3) is 1.00. The van der Waals surface area contributed by atoms with Gasteiger partial charge in [-0.05, 0) is 40.0 Å². The molecule has 0 spiro atoms. The quantitative estimate of drug-likeness (QED) is 0.621. The molecule has 0 aromatic carbocycles. The van der Waals surface area contributed by atoms with E-state index in [1.807, 2.05) is 0 Å². The zero-order chi connectivity index (χ0) is 10.5. The third-order valence-electron chi connectivity index (χ3n) is 2.20. The Labute approximate surface area is 87.8 Å². The fourth-order valence-electron chi connectivity index (χ4n) is 1.28. The van der Waals surface area contributed by atoms with Gasteiger partial charge in [-0.25, -0.2) is 0 Å². The summed E-state index contributed by atoms with van der Waals surface area (Å²) in [4.78, 5) is 0. The van der Waals surface area contributed by atoms with Gasteiger partial charge in [0, 0.05) is 12.0 Å². The van der Waals surface area contributed by atoms with Crippen LogP contribution in [0.3, 0.4) is 0 Å². The van der Waals surface area contributed by atoms with Crippen LogP contribution in [0.1, 0.15) is 47.5 Å². The second-order valence-corrected chi connectivity index (χ2v) is 5.28. The molecule has 0 bridgehead atoms. The second kappa shape index (κ2) is 5.87. The van der Waals surface area contributed by atoms with Crippen LogP contribution < -0.4 is 0 Å². The van der Waals surface area contributed by atoms with Gasteiger partial charge in [0.2, 0.25) is 0 Å². The normalized spacial score (nSPS) is 17.1. The van der Waals surface area contributed by atoms with Crippen molar-refractivity contribution >= 4 is 11.6 Å². The molecule has 80 valence electrons. The number of ether oxygens (including phenoxy) is 1. The van der Waals surface area contributed by atoms with Crippen molar-refractivity contribution in [2.75, 3.05) is 6.61 Å². The molecule has 0 fully saturated rings. The molecule has 1 nitrogen and oxygen atoms in total. The van der Waals surface area contributed by atoms with Gasteiger partial charge in [0.05, 0.1) is 5.60 Å². The molecule has 2 atom stereocenters. The lowest BCUT2D eigenvalue weighted by Crippen LogP contribution is -2.22. The third kappa shape index (κ3) is 7.33. The highest BCUT2D eigenvalue weighted by atomic mass is 35.5. The summed E-state index contributed by atoms with van der Waals surface area (Å²) in [7, 11) is 0. The van der Waals surface area contributed by atoms with E-state index in [-0.39, 0.29) is 11.0 Å². The topological polar surface area (TPSA) is 9.23 Å². The number of hydrogen-bond donors (Lipinski definition) is 0. The first-order valence-electron chi connectivity index (χ1n) is 5.15. The largest absolute Gasteiger partial charge is 0.376 e. The van der Waals surface area contributed by atoms with Crippen molar-refractivity contribution in [1.29, 1.82) is 0 Å². The first-order valence-corrected chi connectivity index (χ1v) is 5.58. The molecule has 2 heteroatoms. The van der Waals surface area contributed by atoms with Crippen LogP contribution in [0.25, 0.3) is 0 Å². The number of alkyl halides is 1. The predicted molar refractivity (Wildman–Crippen MR) is 59.4 cm³/mol. The molecule has 2 unspecified atom stereocenters. The fourth-order valence-corrected chi connectivity index (χ4v) is 1.58. The van der Waals surface area contributed by atoms with Gasteiger partial charge in [0.1, 0.15) is 0 Å². The van der Waals surface area contributed by atoms with Crippen molar-refractivity contribution < 1.29 is 4.74 Å². The third-order valence-corrected chi connectivity index (χ3v) is 2.55. The van der Waals surface area contributed by atoms with E-state index in [9.17, 15) is 0 Å². The van der Waals surface area contributed by atoms with E-state index >= 15 is 0 Å². The van der Waals surface area contributed by atoms with E-state index < -0.39 is 0 Å². The highest BCUT2D eigenvalue weighted by Crippen LogP contribution is 2.19. The van der Waals surface area contributed by atoms with Gasteiger partial charge in [-0.1, -0.05) is 13.3 Å². The van der Waals surface area contributed by atoms with Crippen LogP contribution >= 0.6 is 11.6 Å². The molecular weight excluding hydrogens is 184 g/mol. The van der Waals surface area contributed by atoms with Crippen molar-refractivity contribution in [3.8, 4) is 0 Å². The lowest BCUT2D eigenvalue weighted by molar-refractivity contribution is -0.00943. The van der Waals surface area contributed by atoms with Crippen LogP contribution in [0.4, 0.5) is 0 Å². The maximum absolute atomic E-state index is 6.04. The standard InChI is InChI=1S/C11H23ClO/c1-6-10(9(2)12)7-8-13-11(3,4)5/h9-10H,6-8H2,1-5H3. The highest BCUT2D eigenvalue weighted by molar-refractivity contribution is 6.20. The minimum Gasteiger partial charge on any atom is -0.376 e. The van der Waals surface area contributed by atoms with E-state index in [1.165, 1.54) is 0 Å². The smallest absolute Gasteiger partial charge is 0.0598 e. The van der Waals surface area contributed by atoms with Gasteiger partial charge in [-0.3, -0.25) is 0 Å². The van der Waals surface area contributed by atoms with Gasteiger partial charge in [0.15, 0.2) is 0 Å². The summed E-state index contributed by atoms with van der Waals surface area (Å²) in [6, 6.07) is 0. The highest BCUT2D eigenvalue weighted by Gasteiger charge is 2.15. The monoisotopic (exact) mass is 206 g/mol. The van der Waals surface area contributed by atoms with Crippen molar-refractivity contribution in [2.45, 2.75) is 58.4 Å². The SMILES string of the molecule is CCC(CCOC(C)(C)C)C(C)Cl. The lowest BCUT2D eigenvalue weighted by atomic mass is 9.99. The van der Waals surface area contributed by atoms with Gasteiger partial charge < -0.3 is 4.74 Å². The van der Waals surface area contributed by atoms with Crippen LogP contribution in [0.15, 0.2) is 0 Å². The Kier molecular flexibility index (Phi) is 5.98. The first kappa shape index (κ1) is 13.2. The minimum atomic E-state index is -0.0200. The Balaban J connectivity index is 3.62. The van der Waals surface area contributed by atoms with Crippen molar-refractivity contribution in [1.82, 2.24) is 0 Å². The van der Waals surface area contributed by atoms with Crippen LogP contribution in [0.5, 0.6) is 0 Å². The Hall–Kier alpha value is 0.250. The van der Waals surface area contributed by atoms with Gasteiger partial charge in [-0.2, -0.15) is 0 Å². The maximum atomic E-state index is 6.04. The lowest BCUT2D eigenvalue weighted by Gasteiger charge is -2.23. The molecule has 0 radical (unpaired) electrons. The summed E-state index contributed by atoms with van der Waals surface area (Å²) in [5, 5.41) is 0.258. The Morgan fingerprint density at radius 1 is 1.31 bits per heavy atom. The molecule has 0 N–H and O–H groups in total. The molecule has 0 saturated heterocycles. The Morgan fingerprint density at radius 3 is 2.15 bits per heavy atom. The molecular formula is C11H23ClO. The zero-order valence-corrected chi connectivity index (χ0v) is 10.3. The van der Waals surface area contributed by atoms with E-state index in [0.717, 1.165) is 19.4 Å². The first-order chi connectivity index (χ1) is 5.87. The van der Waals surface area contributed by atoms with E-state index in [4.69, 9.17) is 16.3 Å². The Morgan fingerprint density at radius 2 is 1.85 bits per heavy atom. The van der Waals surface area contributed by atoms with Crippen molar-refractivity contribution in [3.63, 3.8) is 0 Å². The van der Waals surface area contributed by atoms with E-state index in [2.05, 4.69) is 34.6 Å². The summed E-state index contributed by atoms with van der Waals surface area (Å²) >= 11 is 6.04. The minimum absolute atomic E-state index is 0.0200. The summed E-state index contributed by atoms with van der Waals surface area (Å²) in [6.45, 7) is 11.3.